The van der Waals surface area contributed by atoms with Crippen LogP contribution in [0.5, 0.6) is 0 Å². The molecule has 0 radical (unpaired) electrons. The lowest BCUT2D eigenvalue weighted by Gasteiger charge is -1.92. The Kier molecular flexibility index (Phi) is 3.59. The third-order valence-electron chi connectivity index (χ3n) is 1.76. The summed E-state index contributed by atoms with van der Waals surface area (Å²) in [6.45, 7) is 2.17. The van der Waals surface area contributed by atoms with E-state index in [4.69, 9.17) is 11.6 Å². The average molecular weight is 252 g/mol. The van der Waals surface area contributed by atoms with Gasteiger partial charge in [-0.05, 0) is 28.8 Å². The van der Waals surface area contributed by atoms with Crippen LogP contribution in [0.1, 0.15) is 25.5 Å². The Hall–Kier alpha value is -0.0200. The Bertz CT molecular complexity index is 270. The van der Waals surface area contributed by atoms with Gasteiger partial charge in [-0.15, -0.1) is 0 Å². The first kappa shape index (κ1) is 10.1. The maximum Gasteiger partial charge on any atom is 0.141 e. The average Bonchev–Trinajstić information content (AvgIpc) is 2.30. The van der Waals surface area contributed by atoms with Crippen molar-refractivity contribution >= 4 is 27.5 Å². The van der Waals surface area contributed by atoms with E-state index in [0.717, 1.165) is 23.0 Å². The van der Waals surface area contributed by atoms with Crippen molar-refractivity contribution in [2.75, 3.05) is 0 Å². The van der Waals surface area contributed by atoms with Crippen LogP contribution in [0.3, 0.4) is 0 Å². The third kappa shape index (κ3) is 2.02. The fourth-order valence-electron chi connectivity index (χ4n) is 1.03. The van der Waals surface area contributed by atoms with Crippen LogP contribution in [0, 0.1) is 0 Å². The van der Waals surface area contributed by atoms with Crippen molar-refractivity contribution in [2.45, 2.75) is 26.2 Å². The molecule has 68 valence electrons. The standard InChI is InChI=1S/C8H12BrClN2/c1-3-4-5-6-7(9)8(10)12(2)11-6/h3-5H2,1-2H3. The predicted molar refractivity (Wildman–Crippen MR) is 54.5 cm³/mol. The van der Waals surface area contributed by atoms with Gasteiger partial charge in [0, 0.05) is 7.05 Å². The van der Waals surface area contributed by atoms with E-state index >= 15 is 0 Å². The molecule has 0 saturated heterocycles. The highest BCUT2D eigenvalue weighted by Crippen LogP contribution is 2.26. The third-order valence-corrected chi connectivity index (χ3v) is 3.25. The van der Waals surface area contributed by atoms with E-state index in [9.17, 15) is 0 Å². The van der Waals surface area contributed by atoms with E-state index in [0.29, 0.717) is 5.15 Å². The Balaban J connectivity index is 2.79. The lowest BCUT2D eigenvalue weighted by molar-refractivity contribution is 0.713. The van der Waals surface area contributed by atoms with Gasteiger partial charge >= 0.3 is 0 Å². The summed E-state index contributed by atoms with van der Waals surface area (Å²) in [5.41, 5.74) is 1.06. The molecule has 0 aromatic carbocycles. The van der Waals surface area contributed by atoms with E-state index in [1.807, 2.05) is 7.05 Å². The van der Waals surface area contributed by atoms with Gasteiger partial charge in [0.1, 0.15) is 5.15 Å². The van der Waals surface area contributed by atoms with Crippen LogP contribution in [0.2, 0.25) is 5.15 Å². The fourth-order valence-corrected chi connectivity index (χ4v) is 1.71. The Labute approximate surface area is 86.0 Å². The molecule has 1 rings (SSSR count). The molecule has 12 heavy (non-hydrogen) atoms. The summed E-state index contributed by atoms with van der Waals surface area (Å²) >= 11 is 9.35. The maximum atomic E-state index is 5.93. The van der Waals surface area contributed by atoms with E-state index in [1.165, 1.54) is 6.42 Å². The number of halogens is 2. The van der Waals surface area contributed by atoms with Crippen molar-refractivity contribution in [2.24, 2.45) is 7.05 Å². The molecular formula is C8H12BrClN2. The second-order valence-corrected chi connectivity index (χ2v) is 3.93. The van der Waals surface area contributed by atoms with Gasteiger partial charge in [-0.2, -0.15) is 5.10 Å². The molecule has 1 aromatic rings. The van der Waals surface area contributed by atoms with E-state index in [1.54, 1.807) is 4.68 Å². The number of nitrogens with zero attached hydrogens (tertiary/aromatic N) is 2. The van der Waals surface area contributed by atoms with Gasteiger partial charge in [-0.25, -0.2) is 0 Å². The molecule has 0 N–H and O–H groups in total. The summed E-state index contributed by atoms with van der Waals surface area (Å²) in [5, 5.41) is 4.97. The summed E-state index contributed by atoms with van der Waals surface area (Å²) in [6, 6.07) is 0. The first-order chi connectivity index (χ1) is 5.66. The minimum atomic E-state index is 0.682. The van der Waals surface area contributed by atoms with Gasteiger partial charge in [0.15, 0.2) is 0 Å². The fraction of sp³-hybridized carbons (Fsp3) is 0.625. The molecular weight excluding hydrogens is 239 g/mol. The summed E-state index contributed by atoms with van der Waals surface area (Å²) in [7, 11) is 1.85. The SMILES string of the molecule is CCCCc1nn(C)c(Cl)c1Br. The van der Waals surface area contributed by atoms with Gasteiger partial charge < -0.3 is 0 Å². The first-order valence-corrected chi connectivity index (χ1v) is 5.20. The monoisotopic (exact) mass is 250 g/mol. The molecule has 0 unspecified atom stereocenters. The van der Waals surface area contributed by atoms with Gasteiger partial charge in [-0.1, -0.05) is 24.9 Å². The van der Waals surface area contributed by atoms with E-state index < -0.39 is 0 Å². The highest BCUT2D eigenvalue weighted by Gasteiger charge is 2.10. The van der Waals surface area contributed by atoms with Crippen molar-refractivity contribution in [3.8, 4) is 0 Å². The second-order valence-electron chi connectivity index (χ2n) is 2.78. The molecule has 1 aromatic heterocycles. The zero-order valence-electron chi connectivity index (χ0n) is 7.27. The number of unbranched alkanes of at least 4 members (excludes halogenated alkanes) is 1. The maximum absolute atomic E-state index is 5.93. The molecule has 1 heterocycles. The molecule has 2 nitrogen and oxygen atoms in total. The summed E-state index contributed by atoms with van der Waals surface area (Å²) in [5.74, 6) is 0. The topological polar surface area (TPSA) is 17.8 Å². The molecule has 0 spiro atoms. The molecule has 0 aliphatic heterocycles. The first-order valence-electron chi connectivity index (χ1n) is 4.03. The quantitative estimate of drug-likeness (QED) is 0.807. The molecule has 4 heteroatoms. The lowest BCUT2D eigenvalue weighted by Crippen LogP contribution is -1.92. The normalized spacial score (nSPS) is 10.7. The Morgan fingerprint density at radius 1 is 1.58 bits per heavy atom. The second kappa shape index (κ2) is 4.28. The number of hydrogen-bond donors (Lipinski definition) is 0. The van der Waals surface area contributed by atoms with Gasteiger partial charge in [0.2, 0.25) is 0 Å². The zero-order chi connectivity index (χ0) is 9.14. The van der Waals surface area contributed by atoms with Crippen LogP contribution in [-0.4, -0.2) is 9.78 Å². The van der Waals surface area contributed by atoms with Crippen molar-refractivity contribution in [3.05, 3.63) is 15.3 Å². The number of aromatic nitrogens is 2. The largest absolute Gasteiger partial charge is 0.256 e. The van der Waals surface area contributed by atoms with E-state index in [-0.39, 0.29) is 0 Å². The predicted octanol–water partition coefficient (Wildman–Crippen LogP) is 3.18. The van der Waals surface area contributed by atoms with Gasteiger partial charge in [-0.3, -0.25) is 4.68 Å². The molecule has 0 fully saturated rings. The van der Waals surface area contributed by atoms with Crippen LogP contribution in [0.4, 0.5) is 0 Å². The van der Waals surface area contributed by atoms with Crippen LogP contribution < -0.4 is 0 Å². The zero-order valence-corrected chi connectivity index (χ0v) is 9.61. The van der Waals surface area contributed by atoms with Crippen molar-refractivity contribution in [3.63, 3.8) is 0 Å². The number of hydrogen-bond acceptors (Lipinski definition) is 1. The minimum Gasteiger partial charge on any atom is -0.256 e. The Morgan fingerprint density at radius 2 is 2.25 bits per heavy atom. The van der Waals surface area contributed by atoms with Crippen molar-refractivity contribution < 1.29 is 0 Å². The molecule has 0 aliphatic rings. The highest BCUT2D eigenvalue weighted by molar-refractivity contribution is 9.10. The van der Waals surface area contributed by atoms with Crippen molar-refractivity contribution in [1.29, 1.82) is 0 Å². The summed E-state index contributed by atoms with van der Waals surface area (Å²) in [6.07, 6.45) is 3.34. The summed E-state index contributed by atoms with van der Waals surface area (Å²) in [4.78, 5) is 0. The Morgan fingerprint density at radius 3 is 2.67 bits per heavy atom. The molecule has 0 bridgehead atoms. The van der Waals surface area contributed by atoms with E-state index in [2.05, 4.69) is 28.0 Å². The molecule has 0 aliphatic carbocycles. The summed E-state index contributed by atoms with van der Waals surface area (Å²) < 4.78 is 2.64. The molecule has 0 amide bonds. The van der Waals surface area contributed by atoms with Crippen LogP contribution in [0.15, 0.2) is 4.47 Å². The van der Waals surface area contributed by atoms with Crippen LogP contribution in [0.25, 0.3) is 0 Å². The van der Waals surface area contributed by atoms with Crippen molar-refractivity contribution in [1.82, 2.24) is 9.78 Å². The molecule has 0 atom stereocenters. The van der Waals surface area contributed by atoms with Crippen LogP contribution >= 0.6 is 27.5 Å². The minimum absolute atomic E-state index is 0.682. The number of aryl methyl sites for hydroxylation is 2. The molecule has 0 saturated carbocycles. The van der Waals surface area contributed by atoms with Gasteiger partial charge in [0.25, 0.3) is 0 Å². The smallest absolute Gasteiger partial charge is 0.141 e. The van der Waals surface area contributed by atoms with Gasteiger partial charge in [0.05, 0.1) is 10.2 Å². The van der Waals surface area contributed by atoms with Crippen LogP contribution in [-0.2, 0) is 13.5 Å². The number of rotatable bonds is 3. The highest BCUT2D eigenvalue weighted by atomic mass is 79.9. The lowest BCUT2D eigenvalue weighted by atomic mass is 10.2.